The smallest absolute Gasteiger partial charge is 0.270 e. The van der Waals surface area contributed by atoms with Gasteiger partial charge in [-0.15, -0.1) is 0 Å². The quantitative estimate of drug-likeness (QED) is 0.570. The fraction of sp³-hybridized carbons (Fsp3) is 0.600. The molecule has 0 unspecified atom stereocenters. The zero-order chi connectivity index (χ0) is 14.4. The number of aromatic nitrogens is 1. The molecule has 1 heterocycles. The molecule has 1 aliphatic rings. The van der Waals surface area contributed by atoms with E-state index < -0.39 is 0 Å². The summed E-state index contributed by atoms with van der Waals surface area (Å²) in [6.45, 7) is 2.23. The highest BCUT2D eigenvalue weighted by Gasteiger charge is 2.22. The minimum absolute atomic E-state index is 0.110. The number of amides is 1. The van der Waals surface area contributed by atoms with Crippen molar-refractivity contribution in [3.63, 3.8) is 0 Å². The summed E-state index contributed by atoms with van der Waals surface area (Å²) in [5.41, 5.74) is 3.63. The Kier molecular flexibility index (Phi) is 5.35. The fourth-order valence-corrected chi connectivity index (χ4v) is 2.91. The molecule has 1 aromatic heterocycles. The predicted molar refractivity (Wildman–Crippen MR) is 80.2 cm³/mol. The Bertz CT molecular complexity index is 441. The molecule has 4 N–H and O–H groups in total. The normalized spacial score (nSPS) is 22.3. The highest BCUT2D eigenvalue weighted by molar-refractivity contribution is 5.93. The van der Waals surface area contributed by atoms with Crippen molar-refractivity contribution in [1.82, 2.24) is 10.3 Å². The van der Waals surface area contributed by atoms with E-state index in [0.29, 0.717) is 11.4 Å². The van der Waals surface area contributed by atoms with Crippen LogP contribution in [-0.4, -0.2) is 16.9 Å². The zero-order valence-corrected chi connectivity index (χ0v) is 12.1. The van der Waals surface area contributed by atoms with Gasteiger partial charge in [0.2, 0.25) is 0 Å². The Hall–Kier alpha value is -1.62. The molecular weight excluding hydrogens is 252 g/mol. The van der Waals surface area contributed by atoms with Crippen LogP contribution in [0.1, 0.15) is 55.9 Å². The molecule has 110 valence electrons. The van der Waals surface area contributed by atoms with E-state index in [0.717, 1.165) is 18.8 Å². The first-order chi connectivity index (χ1) is 9.72. The number of hydrazine groups is 1. The second-order valence-corrected chi connectivity index (χ2v) is 5.55. The maximum absolute atomic E-state index is 12.1. The van der Waals surface area contributed by atoms with Crippen LogP contribution in [-0.2, 0) is 0 Å². The molecule has 1 aliphatic carbocycles. The highest BCUT2D eigenvalue weighted by atomic mass is 16.1. The van der Waals surface area contributed by atoms with E-state index in [1.165, 1.54) is 25.7 Å². The minimum atomic E-state index is -0.110. The van der Waals surface area contributed by atoms with Crippen LogP contribution in [0.15, 0.2) is 18.3 Å². The zero-order valence-electron chi connectivity index (χ0n) is 12.1. The number of hydrogen-bond donors (Lipinski definition) is 3. The summed E-state index contributed by atoms with van der Waals surface area (Å²) in [7, 11) is 0. The second kappa shape index (κ2) is 7.24. The van der Waals surface area contributed by atoms with E-state index in [4.69, 9.17) is 5.84 Å². The van der Waals surface area contributed by atoms with Crippen LogP contribution < -0.4 is 16.6 Å². The van der Waals surface area contributed by atoms with E-state index >= 15 is 0 Å². The lowest BCUT2D eigenvalue weighted by Gasteiger charge is -2.28. The van der Waals surface area contributed by atoms with E-state index in [2.05, 4.69) is 22.7 Å². The third-order valence-corrected chi connectivity index (χ3v) is 4.04. The van der Waals surface area contributed by atoms with Gasteiger partial charge in [0.1, 0.15) is 5.69 Å². The average Bonchev–Trinajstić information content (AvgIpc) is 2.49. The summed E-state index contributed by atoms with van der Waals surface area (Å²) in [5.74, 6) is 6.07. The first-order valence-corrected chi connectivity index (χ1v) is 7.46. The molecule has 1 saturated carbocycles. The van der Waals surface area contributed by atoms with Crippen LogP contribution in [0.25, 0.3) is 0 Å². The van der Waals surface area contributed by atoms with Crippen LogP contribution in [0.4, 0.5) is 5.69 Å². The first kappa shape index (κ1) is 14.8. The largest absolute Gasteiger partial charge is 0.348 e. The van der Waals surface area contributed by atoms with Crippen LogP contribution >= 0.6 is 0 Å². The Labute approximate surface area is 120 Å². The van der Waals surface area contributed by atoms with Crippen LogP contribution in [0.5, 0.6) is 0 Å². The van der Waals surface area contributed by atoms with Gasteiger partial charge in [0.15, 0.2) is 0 Å². The van der Waals surface area contributed by atoms with Crippen LogP contribution in [0.3, 0.4) is 0 Å². The molecule has 1 fully saturated rings. The lowest BCUT2D eigenvalue weighted by molar-refractivity contribution is 0.0916. The van der Waals surface area contributed by atoms with Crippen molar-refractivity contribution in [3.05, 3.63) is 24.0 Å². The summed E-state index contributed by atoms with van der Waals surface area (Å²) in [5, 5.41) is 3.08. The molecule has 0 spiro atoms. The maximum Gasteiger partial charge on any atom is 0.270 e. The molecule has 0 radical (unpaired) electrons. The van der Waals surface area contributed by atoms with Gasteiger partial charge in [-0.25, -0.2) is 0 Å². The van der Waals surface area contributed by atoms with Gasteiger partial charge in [-0.2, -0.15) is 0 Å². The van der Waals surface area contributed by atoms with E-state index in [-0.39, 0.29) is 11.9 Å². The van der Waals surface area contributed by atoms with Crippen molar-refractivity contribution < 1.29 is 4.79 Å². The number of nitrogens with zero attached hydrogens (tertiary/aromatic N) is 1. The molecule has 1 amide bonds. The van der Waals surface area contributed by atoms with E-state index in [1.54, 1.807) is 18.3 Å². The lowest BCUT2D eigenvalue weighted by Crippen LogP contribution is -2.38. The van der Waals surface area contributed by atoms with Crippen LogP contribution in [0, 0.1) is 5.92 Å². The second-order valence-electron chi connectivity index (χ2n) is 5.55. The SMILES string of the molecule is CCCC1CCC(NC(=O)c2cc(NN)ccn2)CC1. The molecule has 1 aromatic rings. The number of nitrogens with one attached hydrogen (secondary N) is 2. The fourth-order valence-electron chi connectivity index (χ4n) is 2.91. The minimum Gasteiger partial charge on any atom is -0.348 e. The van der Waals surface area contributed by atoms with Gasteiger partial charge < -0.3 is 10.7 Å². The van der Waals surface area contributed by atoms with Crippen molar-refractivity contribution in [2.75, 3.05) is 5.43 Å². The van der Waals surface area contributed by atoms with Gasteiger partial charge >= 0.3 is 0 Å². The number of nitrogens with two attached hydrogens (primary N) is 1. The number of carbonyl (C=O) groups is 1. The average molecular weight is 276 g/mol. The lowest BCUT2D eigenvalue weighted by atomic mass is 9.83. The number of anilines is 1. The van der Waals surface area contributed by atoms with Crippen LogP contribution in [0.2, 0.25) is 0 Å². The molecular formula is C15H24N4O. The molecule has 2 rings (SSSR count). The van der Waals surface area contributed by atoms with Gasteiger partial charge in [-0.05, 0) is 43.7 Å². The molecule has 5 nitrogen and oxygen atoms in total. The van der Waals surface area contributed by atoms with Gasteiger partial charge in [0.05, 0.1) is 5.69 Å². The summed E-state index contributed by atoms with van der Waals surface area (Å²) in [6.07, 6.45) is 8.74. The van der Waals surface area contributed by atoms with Crippen molar-refractivity contribution in [1.29, 1.82) is 0 Å². The number of nitrogen functional groups attached to an aromatic ring is 1. The number of carbonyl (C=O) groups excluding carboxylic acids is 1. The monoisotopic (exact) mass is 276 g/mol. The summed E-state index contributed by atoms with van der Waals surface area (Å²) in [6, 6.07) is 3.68. The number of rotatable bonds is 5. The van der Waals surface area contributed by atoms with Crippen molar-refractivity contribution >= 4 is 11.6 Å². The summed E-state index contributed by atoms with van der Waals surface area (Å²) < 4.78 is 0. The number of pyridine rings is 1. The summed E-state index contributed by atoms with van der Waals surface area (Å²) in [4.78, 5) is 16.2. The van der Waals surface area contributed by atoms with Gasteiger partial charge in [0.25, 0.3) is 5.91 Å². The Morgan fingerprint density at radius 3 is 2.80 bits per heavy atom. The standard InChI is InChI=1S/C15H24N4O/c1-2-3-11-4-6-12(7-5-11)18-15(20)14-10-13(19-16)8-9-17-14/h8-12H,2-7,16H2,1H3,(H,17,19)(H,18,20). The summed E-state index contributed by atoms with van der Waals surface area (Å²) >= 11 is 0. The van der Waals surface area contributed by atoms with E-state index in [9.17, 15) is 4.79 Å². The van der Waals surface area contributed by atoms with Crippen molar-refractivity contribution in [3.8, 4) is 0 Å². The maximum atomic E-state index is 12.1. The molecule has 0 bridgehead atoms. The van der Waals surface area contributed by atoms with E-state index in [1.807, 2.05) is 0 Å². The Morgan fingerprint density at radius 2 is 2.15 bits per heavy atom. The third kappa shape index (κ3) is 3.93. The van der Waals surface area contributed by atoms with Crippen molar-refractivity contribution in [2.24, 2.45) is 11.8 Å². The Morgan fingerprint density at radius 1 is 1.40 bits per heavy atom. The molecule has 0 aromatic carbocycles. The topological polar surface area (TPSA) is 80.0 Å². The number of hydrogen-bond acceptors (Lipinski definition) is 4. The van der Waals surface area contributed by atoms with Crippen molar-refractivity contribution in [2.45, 2.75) is 51.5 Å². The third-order valence-electron chi connectivity index (χ3n) is 4.04. The van der Waals surface area contributed by atoms with Gasteiger partial charge in [-0.1, -0.05) is 19.8 Å². The molecule has 5 heteroatoms. The van der Waals surface area contributed by atoms with Gasteiger partial charge in [0, 0.05) is 12.2 Å². The Balaban J connectivity index is 1.86. The molecule has 0 atom stereocenters. The first-order valence-electron chi connectivity index (χ1n) is 7.46. The highest BCUT2D eigenvalue weighted by Crippen LogP contribution is 2.27. The predicted octanol–water partition coefficient (Wildman–Crippen LogP) is 2.46. The van der Waals surface area contributed by atoms with Gasteiger partial charge in [-0.3, -0.25) is 15.6 Å². The molecule has 0 saturated heterocycles. The molecule has 0 aliphatic heterocycles. The molecule has 20 heavy (non-hydrogen) atoms.